The van der Waals surface area contributed by atoms with E-state index in [4.69, 9.17) is 9.26 Å². The molecule has 1 N–H and O–H groups in total. The standard InChI is InChI=1S/C22H31FN4O3/c1-22(2,3)29-21(28)24-17-12-15(13-17)6-7-26-8-10-27(11-9-26)20-18-5-4-16(23)14-19(18)30-25-20/h4-5,14-15,17H,6-13H2,1-3H3,(H,24,28). The summed E-state index contributed by atoms with van der Waals surface area (Å²) >= 11 is 0. The van der Waals surface area contributed by atoms with Gasteiger partial charge in [-0.05, 0) is 64.6 Å². The molecule has 2 aromatic rings. The van der Waals surface area contributed by atoms with E-state index in [1.54, 1.807) is 6.07 Å². The normalized spacial score (nSPS) is 22.7. The van der Waals surface area contributed by atoms with Crippen molar-refractivity contribution in [1.82, 2.24) is 15.4 Å². The third-order valence-electron chi connectivity index (χ3n) is 5.90. The van der Waals surface area contributed by atoms with Gasteiger partial charge in [0.25, 0.3) is 0 Å². The van der Waals surface area contributed by atoms with Crippen LogP contribution in [0.25, 0.3) is 11.0 Å². The molecular weight excluding hydrogens is 387 g/mol. The van der Waals surface area contributed by atoms with Crippen molar-refractivity contribution in [1.29, 1.82) is 0 Å². The Morgan fingerprint density at radius 1 is 1.27 bits per heavy atom. The second-order valence-electron chi connectivity index (χ2n) is 9.44. The number of benzene rings is 1. The second kappa shape index (κ2) is 8.41. The highest BCUT2D eigenvalue weighted by atomic mass is 19.1. The van der Waals surface area contributed by atoms with Crippen LogP contribution in [0, 0.1) is 11.7 Å². The third kappa shape index (κ3) is 5.03. The quantitative estimate of drug-likeness (QED) is 0.797. The highest BCUT2D eigenvalue weighted by Crippen LogP contribution is 2.31. The number of nitrogens with one attached hydrogen (secondary N) is 1. The largest absolute Gasteiger partial charge is 0.444 e. The molecule has 1 amide bonds. The van der Waals surface area contributed by atoms with E-state index in [0.717, 1.165) is 63.2 Å². The van der Waals surface area contributed by atoms with E-state index < -0.39 is 5.60 Å². The van der Waals surface area contributed by atoms with E-state index in [0.29, 0.717) is 11.5 Å². The van der Waals surface area contributed by atoms with E-state index >= 15 is 0 Å². The molecule has 1 saturated heterocycles. The van der Waals surface area contributed by atoms with Crippen LogP contribution >= 0.6 is 0 Å². The number of alkyl carbamates (subject to hydrolysis) is 1. The number of piperazine rings is 1. The summed E-state index contributed by atoms with van der Waals surface area (Å²) in [7, 11) is 0. The van der Waals surface area contributed by atoms with E-state index in [1.165, 1.54) is 12.1 Å². The number of hydrogen-bond donors (Lipinski definition) is 1. The molecule has 0 radical (unpaired) electrons. The second-order valence-corrected chi connectivity index (χ2v) is 9.44. The highest BCUT2D eigenvalue weighted by Gasteiger charge is 2.32. The lowest BCUT2D eigenvalue weighted by atomic mass is 9.78. The maximum absolute atomic E-state index is 13.3. The SMILES string of the molecule is CC(C)(C)OC(=O)NC1CC(CCN2CCN(c3noc4cc(F)ccc34)CC2)C1. The topological polar surface area (TPSA) is 70.8 Å². The predicted molar refractivity (Wildman–Crippen MR) is 113 cm³/mol. The zero-order valence-electron chi connectivity index (χ0n) is 18.0. The molecule has 4 rings (SSSR count). The van der Waals surface area contributed by atoms with Crippen LogP contribution in [0.4, 0.5) is 15.0 Å². The zero-order chi connectivity index (χ0) is 21.3. The molecule has 8 heteroatoms. The molecule has 2 heterocycles. The summed E-state index contributed by atoms with van der Waals surface area (Å²) in [5.41, 5.74) is 0.0380. The van der Waals surface area contributed by atoms with Crippen molar-refractivity contribution in [3.05, 3.63) is 24.0 Å². The number of ether oxygens (including phenoxy) is 1. The average Bonchev–Trinajstić information content (AvgIpc) is 3.05. The number of anilines is 1. The van der Waals surface area contributed by atoms with Crippen LogP contribution in [0.3, 0.4) is 0 Å². The fourth-order valence-electron chi connectivity index (χ4n) is 4.24. The number of hydrogen-bond acceptors (Lipinski definition) is 6. The van der Waals surface area contributed by atoms with Gasteiger partial charge in [-0.3, -0.25) is 4.90 Å². The number of carbonyl (C=O) groups excluding carboxylic acids is 1. The predicted octanol–water partition coefficient (Wildman–Crippen LogP) is 3.78. The van der Waals surface area contributed by atoms with Crippen molar-refractivity contribution < 1.29 is 18.4 Å². The smallest absolute Gasteiger partial charge is 0.407 e. The molecule has 2 aliphatic rings. The van der Waals surface area contributed by atoms with Gasteiger partial charge in [0.1, 0.15) is 11.4 Å². The molecular formula is C22H31FN4O3. The first kappa shape index (κ1) is 20.9. The van der Waals surface area contributed by atoms with Gasteiger partial charge in [-0.2, -0.15) is 0 Å². The number of aromatic nitrogens is 1. The van der Waals surface area contributed by atoms with Crippen molar-refractivity contribution in [2.24, 2.45) is 5.92 Å². The highest BCUT2D eigenvalue weighted by molar-refractivity contribution is 5.88. The van der Waals surface area contributed by atoms with E-state index in [1.807, 2.05) is 20.8 Å². The Hall–Kier alpha value is -2.35. The monoisotopic (exact) mass is 418 g/mol. The summed E-state index contributed by atoms with van der Waals surface area (Å²) in [6, 6.07) is 4.81. The minimum Gasteiger partial charge on any atom is -0.444 e. The van der Waals surface area contributed by atoms with Gasteiger partial charge < -0.3 is 19.5 Å². The summed E-state index contributed by atoms with van der Waals surface area (Å²) in [6.07, 6.45) is 2.89. The maximum atomic E-state index is 13.3. The van der Waals surface area contributed by atoms with Crippen LogP contribution in [0.2, 0.25) is 0 Å². The third-order valence-corrected chi connectivity index (χ3v) is 5.90. The van der Waals surface area contributed by atoms with Crippen LogP contribution in [-0.2, 0) is 4.74 Å². The summed E-state index contributed by atoms with van der Waals surface area (Å²) in [4.78, 5) is 16.5. The Balaban J connectivity index is 1.16. The van der Waals surface area contributed by atoms with Gasteiger partial charge in [-0.25, -0.2) is 9.18 Å². The van der Waals surface area contributed by atoms with Crippen LogP contribution in [-0.4, -0.2) is 60.5 Å². The number of nitrogens with zero attached hydrogens (tertiary/aromatic N) is 3. The van der Waals surface area contributed by atoms with Crippen molar-refractivity contribution in [2.75, 3.05) is 37.6 Å². The van der Waals surface area contributed by atoms with Gasteiger partial charge in [0.2, 0.25) is 0 Å². The van der Waals surface area contributed by atoms with Gasteiger partial charge in [0, 0.05) is 38.3 Å². The molecule has 0 unspecified atom stereocenters. The number of halogens is 1. The van der Waals surface area contributed by atoms with Crippen LogP contribution in [0.15, 0.2) is 22.7 Å². The summed E-state index contributed by atoms with van der Waals surface area (Å²) in [5, 5.41) is 7.98. The lowest BCUT2D eigenvalue weighted by molar-refractivity contribution is 0.0444. The molecule has 0 atom stereocenters. The molecule has 1 saturated carbocycles. The van der Waals surface area contributed by atoms with Crippen LogP contribution < -0.4 is 10.2 Å². The van der Waals surface area contributed by atoms with Crippen LogP contribution in [0.1, 0.15) is 40.0 Å². The Bertz CT molecular complexity index is 880. The zero-order valence-corrected chi connectivity index (χ0v) is 18.0. The fraction of sp³-hybridized carbons (Fsp3) is 0.636. The lowest BCUT2D eigenvalue weighted by Gasteiger charge is -2.39. The van der Waals surface area contributed by atoms with Crippen molar-refractivity contribution in [3.63, 3.8) is 0 Å². The van der Waals surface area contributed by atoms with Crippen molar-refractivity contribution >= 4 is 22.9 Å². The number of rotatable bonds is 5. The molecule has 2 fully saturated rings. The van der Waals surface area contributed by atoms with Gasteiger partial charge in [-0.1, -0.05) is 5.16 Å². The Morgan fingerprint density at radius 2 is 2.00 bits per heavy atom. The van der Waals surface area contributed by atoms with Gasteiger partial charge in [-0.15, -0.1) is 0 Å². The van der Waals surface area contributed by atoms with Gasteiger partial charge >= 0.3 is 6.09 Å². The average molecular weight is 419 g/mol. The number of amides is 1. The molecule has 0 bridgehead atoms. The van der Waals surface area contributed by atoms with Crippen molar-refractivity contribution in [2.45, 2.75) is 51.7 Å². The molecule has 0 spiro atoms. The first-order chi connectivity index (χ1) is 14.3. The van der Waals surface area contributed by atoms with Gasteiger partial charge in [0.15, 0.2) is 11.4 Å². The molecule has 1 aromatic carbocycles. The molecule has 7 nitrogen and oxygen atoms in total. The molecule has 30 heavy (non-hydrogen) atoms. The first-order valence-electron chi connectivity index (χ1n) is 10.8. The molecule has 164 valence electrons. The van der Waals surface area contributed by atoms with Crippen molar-refractivity contribution in [3.8, 4) is 0 Å². The van der Waals surface area contributed by atoms with E-state index in [9.17, 15) is 9.18 Å². The van der Waals surface area contributed by atoms with E-state index in [-0.39, 0.29) is 18.0 Å². The summed E-state index contributed by atoms with van der Waals surface area (Å²) in [5.74, 6) is 1.16. The Labute approximate surface area is 176 Å². The fourth-order valence-corrected chi connectivity index (χ4v) is 4.24. The minimum atomic E-state index is -0.455. The molecule has 1 aliphatic carbocycles. The Morgan fingerprint density at radius 3 is 2.70 bits per heavy atom. The number of fused-ring (bicyclic) bond motifs is 1. The molecule has 1 aromatic heterocycles. The number of carbonyl (C=O) groups is 1. The van der Waals surface area contributed by atoms with E-state index in [2.05, 4.69) is 20.3 Å². The summed E-state index contributed by atoms with van der Waals surface area (Å²) in [6.45, 7) is 10.4. The maximum Gasteiger partial charge on any atom is 0.407 e. The first-order valence-corrected chi connectivity index (χ1v) is 10.8. The van der Waals surface area contributed by atoms with Crippen LogP contribution in [0.5, 0.6) is 0 Å². The minimum absolute atomic E-state index is 0.243. The summed E-state index contributed by atoms with van der Waals surface area (Å²) < 4.78 is 23.9. The lowest BCUT2D eigenvalue weighted by Crippen LogP contribution is -2.49. The molecule has 1 aliphatic heterocycles. The van der Waals surface area contributed by atoms with Gasteiger partial charge in [0.05, 0.1) is 5.39 Å². The Kier molecular flexibility index (Phi) is 5.86.